The van der Waals surface area contributed by atoms with E-state index in [1.54, 1.807) is 30.3 Å². The SMILES string of the molecule is COc1ccccc1[C@@H]1C(=C(O)c2ccc(Cl)cc2)C(=O)C(=O)N1CCc1c[nH]c2ccccc12. The van der Waals surface area contributed by atoms with Crippen molar-refractivity contribution in [3.05, 3.63) is 106 Å². The van der Waals surface area contributed by atoms with Crippen LogP contribution < -0.4 is 4.74 Å². The Bertz CT molecular complexity index is 1460. The van der Waals surface area contributed by atoms with E-state index in [0.29, 0.717) is 28.3 Å². The summed E-state index contributed by atoms with van der Waals surface area (Å²) in [6, 6.07) is 20.9. The Labute approximate surface area is 207 Å². The van der Waals surface area contributed by atoms with Gasteiger partial charge in [-0.15, -0.1) is 0 Å². The number of nitrogens with zero attached hydrogens (tertiary/aromatic N) is 1. The number of Topliss-reactive ketones (excluding diaryl/α,β-unsaturated/α-hetero) is 1. The van der Waals surface area contributed by atoms with Crippen molar-refractivity contribution in [3.8, 4) is 5.75 Å². The first-order valence-corrected chi connectivity index (χ1v) is 11.6. The predicted molar refractivity (Wildman–Crippen MR) is 135 cm³/mol. The lowest BCUT2D eigenvalue weighted by atomic mass is 9.94. The third-order valence-electron chi connectivity index (χ3n) is 6.39. The number of fused-ring (bicyclic) bond motifs is 1. The number of halogens is 1. The second kappa shape index (κ2) is 9.31. The number of likely N-dealkylation sites (tertiary alicyclic amines) is 1. The molecule has 1 saturated heterocycles. The summed E-state index contributed by atoms with van der Waals surface area (Å²) >= 11 is 6.00. The zero-order chi connectivity index (χ0) is 24.5. The summed E-state index contributed by atoms with van der Waals surface area (Å²) in [5.74, 6) is -1.10. The van der Waals surface area contributed by atoms with E-state index in [9.17, 15) is 14.7 Å². The Hall–Kier alpha value is -4.03. The van der Waals surface area contributed by atoms with E-state index in [1.807, 2.05) is 48.7 Å². The van der Waals surface area contributed by atoms with Gasteiger partial charge in [-0.2, -0.15) is 0 Å². The standard InChI is InChI=1S/C28H23ClN2O4/c1-35-23-9-5-3-7-21(23)25-24(26(32)17-10-12-19(29)13-11-17)27(33)28(34)31(25)15-14-18-16-30-22-8-4-2-6-20(18)22/h2-13,16,25,30,32H,14-15H2,1H3/t25-/m1/s1. The summed E-state index contributed by atoms with van der Waals surface area (Å²) in [5, 5.41) is 12.8. The molecule has 0 bridgehead atoms. The molecule has 0 aliphatic carbocycles. The normalized spacial score (nSPS) is 17.3. The van der Waals surface area contributed by atoms with Gasteiger partial charge in [0, 0.05) is 39.8 Å². The number of ether oxygens (including phenoxy) is 1. The number of nitrogens with one attached hydrogen (secondary N) is 1. The van der Waals surface area contributed by atoms with Crippen LogP contribution in [0, 0.1) is 0 Å². The molecule has 2 heterocycles. The molecule has 176 valence electrons. The summed E-state index contributed by atoms with van der Waals surface area (Å²) in [6.45, 7) is 0.284. The van der Waals surface area contributed by atoms with Gasteiger partial charge < -0.3 is 19.7 Å². The van der Waals surface area contributed by atoms with Crippen LogP contribution in [0.4, 0.5) is 0 Å². The molecule has 1 aliphatic rings. The topological polar surface area (TPSA) is 82.6 Å². The van der Waals surface area contributed by atoms with Gasteiger partial charge in [0.2, 0.25) is 0 Å². The molecule has 1 aromatic heterocycles. The Morgan fingerprint density at radius 1 is 1.03 bits per heavy atom. The lowest BCUT2D eigenvalue weighted by molar-refractivity contribution is -0.139. The molecule has 5 rings (SSSR count). The van der Waals surface area contributed by atoms with Gasteiger partial charge in [0.1, 0.15) is 11.5 Å². The highest BCUT2D eigenvalue weighted by Crippen LogP contribution is 2.42. The number of aromatic nitrogens is 1. The van der Waals surface area contributed by atoms with Crippen LogP contribution in [0.5, 0.6) is 5.75 Å². The number of aliphatic hydroxyl groups is 1. The van der Waals surface area contributed by atoms with Gasteiger partial charge in [-0.3, -0.25) is 9.59 Å². The van der Waals surface area contributed by atoms with Crippen LogP contribution in [0.1, 0.15) is 22.7 Å². The molecule has 2 N–H and O–H groups in total. The minimum Gasteiger partial charge on any atom is -0.507 e. The van der Waals surface area contributed by atoms with Crippen molar-refractivity contribution in [3.63, 3.8) is 0 Å². The van der Waals surface area contributed by atoms with Gasteiger partial charge in [-0.25, -0.2) is 0 Å². The van der Waals surface area contributed by atoms with Crippen molar-refractivity contribution in [2.45, 2.75) is 12.5 Å². The van der Waals surface area contributed by atoms with Crippen LogP contribution in [0.3, 0.4) is 0 Å². The van der Waals surface area contributed by atoms with E-state index >= 15 is 0 Å². The second-order valence-electron chi connectivity index (χ2n) is 8.35. The molecular weight excluding hydrogens is 464 g/mol. The van der Waals surface area contributed by atoms with Crippen molar-refractivity contribution in [1.29, 1.82) is 0 Å². The number of para-hydroxylation sites is 2. The Morgan fingerprint density at radius 2 is 1.74 bits per heavy atom. The highest BCUT2D eigenvalue weighted by Gasteiger charge is 2.46. The van der Waals surface area contributed by atoms with E-state index in [0.717, 1.165) is 16.5 Å². The highest BCUT2D eigenvalue weighted by molar-refractivity contribution is 6.46. The fraction of sp³-hybridized carbons (Fsp3) is 0.143. The van der Waals surface area contributed by atoms with E-state index in [1.165, 1.54) is 12.0 Å². The number of amides is 1. The fourth-order valence-corrected chi connectivity index (χ4v) is 4.79. The third kappa shape index (κ3) is 4.06. The summed E-state index contributed by atoms with van der Waals surface area (Å²) in [6.07, 6.45) is 2.46. The van der Waals surface area contributed by atoms with Crippen molar-refractivity contribution in [1.82, 2.24) is 9.88 Å². The number of benzene rings is 3. The van der Waals surface area contributed by atoms with Gasteiger partial charge in [0.05, 0.1) is 18.7 Å². The third-order valence-corrected chi connectivity index (χ3v) is 6.64. The Morgan fingerprint density at radius 3 is 2.51 bits per heavy atom. The van der Waals surface area contributed by atoms with Crippen molar-refractivity contribution >= 4 is 40.0 Å². The van der Waals surface area contributed by atoms with E-state index < -0.39 is 17.7 Å². The number of hydrogen-bond acceptors (Lipinski definition) is 4. The van der Waals surface area contributed by atoms with Crippen LogP contribution in [0.15, 0.2) is 84.6 Å². The molecule has 1 amide bonds. The van der Waals surface area contributed by atoms with E-state index in [-0.39, 0.29) is 17.9 Å². The van der Waals surface area contributed by atoms with Crippen molar-refractivity contribution < 1.29 is 19.4 Å². The molecule has 1 fully saturated rings. The molecule has 0 radical (unpaired) electrons. The van der Waals surface area contributed by atoms with Crippen LogP contribution >= 0.6 is 11.6 Å². The number of ketones is 1. The monoisotopic (exact) mass is 486 g/mol. The number of aliphatic hydroxyl groups excluding tert-OH is 1. The molecule has 35 heavy (non-hydrogen) atoms. The molecule has 4 aromatic rings. The predicted octanol–water partition coefficient (Wildman–Crippen LogP) is 5.49. The molecule has 7 heteroatoms. The maximum atomic E-state index is 13.3. The Kier molecular flexibility index (Phi) is 6.05. The number of rotatable bonds is 6. The van der Waals surface area contributed by atoms with Crippen molar-refractivity contribution in [2.24, 2.45) is 0 Å². The second-order valence-corrected chi connectivity index (χ2v) is 8.79. The average molecular weight is 487 g/mol. The van der Waals surface area contributed by atoms with Gasteiger partial charge >= 0.3 is 0 Å². The maximum absolute atomic E-state index is 13.3. The zero-order valence-electron chi connectivity index (χ0n) is 19.0. The van der Waals surface area contributed by atoms with Crippen LogP contribution in [0.25, 0.3) is 16.7 Å². The summed E-state index contributed by atoms with van der Waals surface area (Å²) < 4.78 is 5.56. The number of carbonyl (C=O) groups is 2. The first kappa shape index (κ1) is 22.7. The highest BCUT2D eigenvalue weighted by atomic mass is 35.5. The van der Waals surface area contributed by atoms with Crippen molar-refractivity contribution in [2.75, 3.05) is 13.7 Å². The number of H-pyrrole nitrogens is 1. The maximum Gasteiger partial charge on any atom is 0.295 e. The first-order valence-electron chi connectivity index (χ1n) is 11.2. The molecule has 6 nitrogen and oxygen atoms in total. The minimum atomic E-state index is -0.799. The molecule has 3 aromatic carbocycles. The largest absolute Gasteiger partial charge is 0.507 e. The molecule has 0 spiro atoms. The van der Waals surface area contributed by atoms with Crippen LogP contribution in [0.2, 0.25) is 5.02 Å². The fourth-order valence-electron chi connectivity index (χ4n) is 4.67. The van der Waals surface area contributed by atoms with Gasteiger partial charge in [0.15, 0.2) is 0 Å². The molecule has 1 atom stereocenters. The molecule has 1 aliphatic heterocycles. The molecular formula is C28H23ClN2O4. The summed E-state index contributed by atoms with van der Waals surface area (Å²) in [4.78, 5) is 31.3. The smallest absolute Gasteiger partial charge is 0.295 e. The molecule has 0 unspecified atom stereocenters. The van der Waals surface area contributed by atoms with Crippen LogP contribution in [-0.2, 0) is 16.0 Å². The lowest BCUT2D eigenvalue weighted by Crippen LogP contribution is -2.31. The molecule has 0 saturated carbocycles. The number of hydrogen-bond donors (Lipinski definition) is 2. The summed E-state index contributed by atoms with van der Waals surface area (Å²) in [5.41, 5.74) is 3.11. The average Bonchev–Trinajstić information content (AvgIpc) is 3.41. The number of carbonyl (C=O) groups excluding carboxylic acids is 2. The lowest BCUT2D eigenvalue weighted by Gasteiger charge is -2.26. The van der Waals surface area contributed by atoms with Gasteiger partial charge in [-0.05, 0) is 48.4 Å². The van der Waals surface area contributed by atoms with Gasteiger partial charge in [0.25, 0.3) is 11.7 Å². The van der Waals surface area contributed by atoms with E-state index in [2.05, 4.69) is 4.98 Å². The quantitative estimate of drug-likeness (QED) is 0.214. The Balaban J connectivity index is 1.59. The zero-order valence-corrected chi connectivity index (χ0v) is 19.8. The van der Waals surface area contributed by atoms with Gasteiger partial charge in [-0.1, -0.05) is 48.0 Å². The minimum absolute atomic E-state index is 0.0285. The summed E-state index contributed by atoms with van der Waals surface area (Å²) in [7, 11) is 1.54. The number of aromatic amines is 1. The van der Waals surface area contributed by atoms with Crippen LogP contribution in [-0.4, -0.2) is 40.3 Å². The van der Waals surface area contributed by atoms with E-state index in [4.69, 9.17) is 16.3 Å². The first-order chi connectivity index (χ1) is 17.0. The number of methoxy groups -OCH3 is 1.